The number of hydrogen-bond acceptors (Lipinski definition) is 3. The molecule has 0 saturated heterocycles. The summed E-state index contributed by atoms with van der Waals surface area (Å²) in [6.45, 7) is 0. The summed E-state index contributed by atoms with van der Waals surface area (Å²) in [5, 5.41) is 0. The van der Waals surface area contributed by atoms with Gasteiger partial charge in [-0.15, -0.1) is 0 Å². The summed E-state index contributed by atoms with van der Waals surface area (Å²) < 4.78 is 4.54. The molecule has 0 aliphatic carbocycles. The number of nitrogens with two attached hydrogens (primary N) is 1. The number of primary amides is 1. The van der Waals surface area contributed by atoms with Crippen molar-refractivity contribution < 1.29 is 14.3 Å². The highest BCUT2D eigenvalue weighted by atomic mass is 16.5. The molecule has 1 amide bonds. The second-order valence-electron chi connectivity index (χ2n) is 2.69. The van der Waals surface area contributed by atoms with Crippen molar-refractivity contribution in [3.8, 4) is 11.8 Å². The normalized spacial score (nSPS) is 8.60. The molecule has 1 rings (SSSR count). The molecule has 0 bridgehead atoms. The van der Waals surface area contributed by atoms with Crippen LogP contribution in [-0.2, 0) is 9.53 Å². The minimum absolute atomic E-state index is 0.383. The topological polar surface area (TPSA) is 69.4 Å². The third-order valence-electron chi connectivity index (χ3n) is 1.61. The van der Waals surface area contributed by atoms with Gasteiger partial charge in [0.25, 0.3) is 5.91 Å². The second kappa shape index (κ2) is 4.82. The Morgan fingerprint density at radius 2 is 2.13 bits per heavy atom. The van der Waals surface area contributed by atoms with Crippen LogP contribution in [0.4, 0.5) is 0 Å². The maximum atomic E-state index is 11.1. The minimum atomic E-state index is -0.710. The number of methoxy groups -OCH3 is 1. The Bertz CT molecular complexity index is 454. The first-order valence-electron chi connectivity index (χ1n) is 4.13. The Kier molecular flexibility index (Phi) is 3.47. The van der Waals surface area contributed by atoms with Crippen LogP contribution in [0, 0.1) is 11.8 Å². The van der Waals surface area contributed by atoms with Crippen LogP contribution < -0.4 is 5.73 Å². The lowest BCUT2D eigenvalue weighted by molar-refractivity contribution is -0.112. The number of rotatable bonds is 1. The molecule has 0 saturated carbocycles. The monoisotopic (exact) mass is 203 g/mol. The Morgan fingerprint density at radius 3 is 2.73 bits per heavy atom. The Morgan fingerprint density at radius 1 is 1.40 bits per heavy atom. The van der Waals surface area contributed by atoms with Crippen LogP contribution in [0.3, 0.4) is 0 Å². The summed E-state index contributed by atoms with van der Waals surface area (Å²) in [5.74, 6) is 3.56. The Balaban J connectivity index is 2.99. The standard InChI is InChI=1S/C11H9NO3/c1-15-11(14)9-4-2-3-8(7-9)5-6-10(12)13/h2-4,7H,1H3,(H2,12,13). The van der Waals surface area contributed by atoms with E-state index in [1.807, 2.05) is 0 Å². The molecule has 0 aliphatic heterocycles. The number of amides is 1. The molecule has 0 aliphatic rings. The average Bonchev–Trinajstić information content (AvgIpc) is 2.25. The molecule has 4 heteroatoms. The van der Waals surface area contributed by atoms with Gasteiger partial charge in [-0.1, -0.05) is 12.0 Å². The van der Waals surface area contributed by atoms with E-state index in [1.165, 1.54) is 13.2 Å². The van der Waals surface area contributed by atoms with Gasteiger partial charge in [-0.05, 0) is 24.1 Å². The summed E-state index contributed by atoms with van der Waals surface area (Å²) in [7, 11) is 1.30. The zero-order valence-electron chi connectivity index (χ0n) is 8.11. The predicted octanol–water partition coefficient (Wildman–Crippen LogP) is 0.310. The van der Waals surface area contributed by atoms with Crippen molar-refractivity contribution in [3.63, 3.8) is 0 Å². The highest BCUT2D eigenvalue weighted by molar-refractivity contribution is 5.93. The molecule has 0 atom stereocenters. The van der Waals surface area contributed by atoms with Gasteiger partial charge in [-0.25, -0.2) is 4.79 Å². The van der Waals surface area contributed by atoms with Gasteiger partial charge in [-0.3, -0.25) is 4.79 Å². The fraction of sp³-hybridized carbons (Fsp3) is 0.0909. The summed E-state index contributed by atoms with van der Waals surface area (Å²) in [4.78, 5) is 21.5. The van der Waals surface area contributed by atoms with Crippen LogP contribution in [0.5, 0.6) is 0 Å². The molecule has 0 unspecified atom stereocenters. The van der Waals surface area contributed by atoms with E-state index in [0.717, 1.165) is 0 Å². The predicted molar refractivity (Wildman–Crippen MR) is 53.9 cm³/mol. The molecule has 0 heterocycles. The van der Waals surface area contributed by atoms with Crippen LogP contribution in [0.15, 0.2) is 24.3 Å². The van der Waals surface area contributed by atoms with Gasteiger partial charge in [-0.2, -0.15) is 0 Å². The minimum Gasteiger partial charge on any atom is -0.465 e. The molecule has 1 aromatic carbocycles. The molecule has 0 fully saturated rings. The van der Waals surface area contributed by atoms with E-state index in [1.54, 1.807) is 18.2 Å². The van der Waals surface area contributed by atoms with E-state index in [2.05, 4.69) is 16.6 Å². The van der Waals surface area contributed by atoms with Crippen LogP contribution >= 0.6 is 0 Å². The maximum Gasteiger partial charge on any atom is 0.337 e. The summed E-state index contributed by atoms with van der Waals surface area (Å²) >= 11 is 0. The molecule has 76 valence electrons. The molecule has 2 N–H and O–H groups in total. The number of benzene rings is 1. The van der Waals surface area contributed by atoms with Gasteiger partial charge in [0.1, 0.15) is 0 Å². The first kappa shape index (κ1) is 10.8. The van der Waals surface area contributed by atoms with Gasteiger partial charge < -0.3 is 10.5 Å². The van der Waals surface area contributed by atoms with Gasteiger partial charge in [0.2, 0.25) is 0 Å². The van der Waals surface area contributed by atoms with Crippen LogP contribution in [-0.4, -0.2) is 19.0 Å². The first-order valence-corrected chi connectivity index (χ1v) is 4.13. The fourth-order valence-corrected chi connectivity index (χ4v) is 0.976. The molecule has 4 nitrogen and oxygen atoms in total. The summed E-state index contributed by atoms with van der Waals surface area (Å²) in [5.41, 5.74) is 5.78. The van der Waals surface area contributed by atoms with E-state index in [-0.39, 0.29) is 0 Å². The van der Waals surface area contributed by atoms with Crippen molar-refractivity contribution >= 4 is 11.9 Å². The largest absolute Gasteiger partial charge is 0.465 e. The van der Waals surface area contributed by atoms with Crippen molar-refractivity contribution in [1.29, 1.82) is 0 Å². The van der Waals surface area contributed by atoms with Crippen molar-refractivity contribution in [2.75, 3.05) is 7.11 Å². The number of carbonyl (C=O) groups excluding carboxylic acids is 2. The molecule has 15 heavy (non-hydrogen) atoms. The smallest absolute Gasteiger partial charge is 0.337 e. The number of esters is 1. The van der Waals surface area contributed by atoms with E-state index in [0.29, 0.717) is 11.1 Å². The quantitative estimate of drug-likeness (QED) is 0.527. The number of hydrogen-bond donors (Lipinski definition) is 1. The van der Waals surface area contributed by atoms with Crippen LogP contribution in [0.2, 0.25) is 0 Å². The van der Waals surface area contributed by atoms with Gasteiger partial charge in [0, 0.05) is 5.56 Å². The molecule has 0 aromatic heterocycles. The van der Waals surface area contributed by atoms with Crippen LogP contribution in [0.25, 0.3) is 0 Å². The number of carbonyl (C=O) groups is 2. The first-order chi connectivity index (χ1) is 7.13. The third kappa shape index (κ3) is 3.16. The molecule has 0 radical (unpaired) electrons. The van der Waals surface area contributed by atoms with Crippen molar-refractivity contribution in [3.05, 3.63) is 35.4 Å². The van der Waals surface area contributed by atoms with E-state index in [9.17, 15) is 9.59 Å². The highest BCUT2D eigenvalue weighted by Gasteiger charge is 2.03. The molecular weight excluding hydrogens is 194 g/mol. The zero-order chi connectivity index (χ0) is 11.3. The van der Waals surface area contributed by atoms with Crippen LogP contribution in [0.1, 0.15) is 15.9 Å². The average molecular weight is 203 g/mol. The van der Waals surface area contributed by atoms with Gasteiger partial charge in [0.15, 0.2) is 0 Å². The molecule has 1 aromatic rings. The Labute approximate surface area is 87.0 Å². The summed E-state index contributed by atoms with van der Waals surface area (Å²) in [6.07, 6.45) is 0. The van der Waals surface area contributed by atoms with Crippen molar-refractivity contribution in [2.45, 2.75) is 0 Å². The van der Waals surface area contributed by atoms with E-state index < -0.39 is 11.9 Å². The zero-order valence-corrected chi connectivity index (χ0v) is 8.11. The Hall–Kier alpha value is -2.28. The lowest BCUT2D eigenvalue weighted by Gasteiger charge is -1.98. The molecular formula is C11H9NO3. The lowest BCUT2D eigenvalue weighted by Crippen LogP contribution is -2.06. The van der Waals surface area contributed by atoms with Gasteiger partial charge in [0.05, 0.1) is 12.7 Å². The van der Waals surface area contributed by atoms with Gasteiger partial charge >= 0.3 is 5.97 Å². The van der Waals surface area contributed by atoms with E-state index in [4.69, 9.17) is 5.73 Å². The molecule has 0 spiro atoms. The summed E-state index contributed by atoms with van der Waals surface area (Å²) in [6, 6.07) is 6.45. The fourth-order valence-electron chi connectivity index (χ4n) is 0.976. The highest BCUT2D eigenvalue weighted by Crippen LogP contribution is 2.05. The SMILES string of the molecule is COC(=O)c1cccc(C#CC(N)=O)c1. The van der Waals surface area contributed by atoms with E-state index >= 15 is 0 Å². The van der Waals surface area contributed by atoms with Crippen molar-refractivity contribution in [2.24, 2.45) is 5.73 Å². The second-order valence-corrected chi connectivity index (χ2v) is 2.69. The number of ether oxygens (including phenoxy) is 1. The third-order valence-corrected chi connectivity index (χ3v) is 1.61. The maximum absolute atomic E-state index is 11.1. The van der Waals surface area contributed by atoms with Crippen molar-refractivity contribution in [1.82, 2.24) is 0 Å². The lowest BCUT2D eigenvalue weighted by atomic mass is 10.1.